The van der Waals surface area contributed by atoms with Crippen LogP contribution >= 0.6 is 0 Å². The maximum Gasteiger partial charge on any atom is 0.355 e. The number of amides is 1. The predicted molar refractivity (Wildman–Crippen MR) is 114 cm³/mol. The summed E-state index contributed by atoms with van der Waals surface area (Å²) in [5, 5.41) is 3.01. The number of carbonyl (C=O) groups is 3. The standard InChI is InChI=1S/C23H26N2O5/c1-15-11-12-18(24-21(26)16-8-4-5-9-16)19(14-15)25-13-7-6-10-17(22(27)29-2)20(25)23(28)30-3/h6-7,10-14,16H,4-5,8-9H2,1-3H3,(H,24,26). The van der Waals surface area contributed by atoms with Gasteiger partial charge < -0.3 is 19.7 Å². The van der Waals surface area contributed by atoms with E-state index in [1.165, 1.54) is 20.3 Å². The van der Waals surface area contributed by atoms with E-state index in [2.05, 4.69) is 5.32 Å². The molecular formula is C23H26N2O5. The van der Waals surface area contributed by atoms with E-state index in [9.17, 15) is 14.4 Å². The van der Waals surface area contributed by atoms with Gasteiger partial charge in [-0.1, -0.05) is 25.0 Å². The lowest BCUT2D eigenvalue weighted by atomic mass is 10.1. The van der Waals surface area contributed by atoms with Crippen molar-refractivity contribution < 1.29 is 23.9 Å². The Hall–Kier alpha value is -3.35. The Bertz CT molecular complexity index is 939. The second-order valence-corrected chi connectivity index (χ2v) is 7.31. The summed E-state index contributed by atoms with van der Waals surface area (Å²) in [7, 11) is 2.50. The molecule has 1 fully saturated rings. The minimum absolute atomic E-state index is 0.0105. The summed E-state index contributed by atoms with van der Waals surface area (Å²) < 4.78 is 9.81. The molecule has 1 N–H and O–H groups in total. The molecule has 0 radical (unpaired) electrons. The fourth-order valence-corrected chi connectivity index (χ4v) is 3.72. The van der Waals surface area contributed by atoms with Crippen LogP contribution in [-0.2, 0) is 23.9 Å². The number of allylic oxidation sites excluding steroid dienone is 2. The number of aryl methyl sites for hydroxylation is 1. The van der Waals surface area contributed by atoms with Gasteiger partial charge in [0, 0.05) is 12.1 Å². The molecule has 0 atom stereocenters. The van der Waals surface area contributed by atoms with Crippen molar-refractivity contribution >= 4 is 29.2 Å². The first kappa shape index (κ1) is 21.4. The predicted octanol–water partition coefficient (Wildman–Crippen LogP) is 3.61. The van der Waals surface area contributed by atoms with E-state index in [-0.39, 0.29) is 23.1 Å². The van der Waals surface area contributed by atoms with Crippen molar-refractivity contribution in [2.75, 3.05) is 24.4 Å². The number of carbonyl (C=O) groups excluding carboxylic acids is 3. The number of benzene rings is 1. The first-order valence-corrected chi connectivity index (χ1v) is 9.92. The lowest BCUT2D eigenvalue weighted by Crippen LogP contribution is -2.28. The van der Waals surface area contributed by atoms with Crippen molar-refractivity contribution in [2.45, 2.75) is 32.6 Å². The third-order valence-corrected chi connectivity index (χ3v) is 5.29. The molecule has 7 nitrogen and oxygen atoms in total. The SMILES string of the molecule is COC(=O)C1=C(C(=O)OC)N(c2cc(C)ccc2NC(=O)C2CCCC2)C=CC=C1. The number of esters is 2. The monoisotopic (exact) mass is 410 g/mol. The Kier molecular flexibility index (Phi) is 6.72. The summed E-state index contributed by atoms with van der Waals surface area (Å²) in [5.41, 5.74) is 2.11. The molecule has 0 spiro atoms. The molecule has 30 heavy (non-hydrogen) atoms. The third-order valence-electron chi connectivity index (χ3n) is 5.29. The van der Waals surface area contributed by atoms with Crippen molar-refractivity contribution in [3.8, 4) is 0 Å². The van der Waals surface area contributed by atoms with Gasteiger partial charge >= 0.3 is 11.9 Å². The van der Waals surface area contributed by atoms with Crippen LogP contribution in [0, 0.1) is 12.8 Å². The highest BCUT2D eigenvalue weighted by atomic mass is 16.5. The quantitative estimate of drug-likeness (QED) is 0.747. The van der Waals surface area contributed by atoms with Crippen molar-refractivity contribution in [1.82, 2.24) is 0 Å². The molecule has 0 aromatic heterocycles. The Balaban J connectivity index is 2.09. The van der Waals surface area contributed by atoms with Crippen LogP contribution < -0.4 is 10.2 Å². The molecule has 2 aliphatic rings. The van der Waals surface area contributed by atoms with E-state index in [4.69, 9.17) is 9.47 Å². The fraction of sp³-hybridized carbons (Fsp3) is 0.348. The average Bonchev–Trinajstić information content (AvgIpc) is 3.20. The zero-order valence-electron chi connectivity index (χ0n) is 17.4. The van der Waals surface area contributed by atoms with E-state index >= 15 is 0 Å². The van der Waals surface area contributed by atoms with Crippen LogP contribution in [0.1, 0.15) is 31.2 Å². The molecule has 1 aliphatic carbocycles. The highest BCUT2D eigenvalue weighted by Gasteiger charge is 2.30. The van der Waals surface area contributed by atoms with Gasteiger partial charge in [-0.15, -0.1) is 0 Å². The van der Waals surface area contributed by atoms with Crippen molar-refractivity contribution in [3.63, 3.8) is 0 Å². The number of anilines is 2. The molecule has 1 aromatic rings. The third kappa shape index (κ3) is 4.45. The summed E-state index contributed by atoms with van der Waals surface area (Å²) in [6.07, 6.45) is 10.3. The number of hydrogen-bond donors (Lipinski definition) is 1. The smallest absolute Gasteiger partial charge is 0.355 e. The molecule has 1 amide bonds. The number of nitrogens with one attached hydrogen (secondary N) is 1. The van der Waals surface area contributed by atoms with E-state index in [0.29, 0.717) is 11.4 Å². The second-order valence-electron chi connectivity index (χ2n) is 7.31. The Labute approximate surface area is 176 Å². The highest BCUT2D eigenvalue weighted by Crippen LogP contribution is 2.34. The van der Waals surface area contributed by atoms with Crippen LogP contribution in [0.5, 0.6) is 0 Å². The molecule has 0 unspecified atom stereocenters. The number of nitrogens with zero attached hydrogens (tertiary/aromatic N) is 1. The number of ether oxygens (including phenoxy) is 2. The second kappa shape index (κ2) is 9.43. The van der Waals surface area contributed by atoms with Gasteiger partial charge in [0.1, 0.15) is 5.70 Å². The van der Waals surface area contributed by atoms with Crippen LogP contribution in [-0.4, -0.2) is 32.1 Å². The van der Waals surface area contributed by atoms with Gasteiger partial charge in [0.25, 0.3) is 0 Å². The van der Waals surface area contributed by atoms with Crippen LogP contribution in [0.4, 0.5) is 11.4 Å². The van der Waals surface area contributed by atoms with Gasteiger partial charge in [-0.3, -0.25) is 4.79 Å². The Morgan fingerprint density at radius 3 is 2.40 bits per heavy atom. The Morgan fingerprint density at radius 1 is 1.03 bits per heavy atom. The number of hydrogen-bond acceptors (Lipinski definition) is 6. The summed E-state index contributed by atoms with van der Waals surface area (Å²) in [5.74, 6) is -1.40. The fourth-order valence-electron chi connectivity index (χ4n) is 3.72. The van der Waals surface area contributed by atoms with Crippen molar-refractivity contribution in [2.24, 2.45) is 5.92 Å². The number of rotatable bonds is 5. The van der Waals surface area contributed by atoms with Gasteiger partial charge in [-0.25, -0.2) is 9.59 Å². The molecule has 7 heteroatoms. The lowest BCUT2D eigenvalue weighted by molar-refractivity contribution is -0.139. The summed E-state index contributed by atoms with van der Waals surface area (Å²) >= 11 is 0. The topological polar surface area (TPSA) is 84.9 Å². The van der Waals surface area contributed by atoms with Gasteiger partial charge in [0.2, 0.25) is 5.91 Å². The summed E-state index contributed by atoms with van der Waals surface area (Å²) in [4.78, 5) is 39.4. The van der Waals surface area contributed by atoms with Crippen molar-refractivity contribution in [3.05, 3.63) is 59.5 Å². The zero-order chi connectivity index (χ0) is 21.7. The normalized spacial score (nSPS) is 16.4. The molecule has 0 bridgehead atoms. The number of methoxy groups -OCH3 is 2. The maximum absolute atomic E-state index is 12.8. The molecule has 1 saturated carbocycles. The molecule has 1 aliphatic heterocycles. The van der Waals surface area contributed by atoms with Crippen LogP contribution in [0.15, 0.2) is 53.9 Å². The minimum Gasteiger partial charge on any atom is -0.465 e. The average molecular weight is 410 g/mol. The highest BCUT2D eigenvalue weighted by molar-refractivity contribution is 6.06. The molecule has 158 valence electrons. The van der Waals surface area contributed by atoms with Gasteiger partial charge in [-0.05, 0) is 49.6 Å². The minimum atomic E-state index is -0.693. The summed E-state index contributed by atoms with van der Waals surface area (Å²) in [6.45, 7) is 1.91. The lowest BCUT2D eigenvalue weighted by Gasteiger charge is -2.26. The Morgan fingerprint density at radius 2 is 1.73 bits per heavy atom. The van der Waals surface area contributed by atoms with Crippen LogP contribution in [0.2, 0.25) is 0 Å². The first-order chi connectivity index (χ1) is 14.5. The largest absolute Gasteiger partial charge is 0.465 e. The van der Waals surface area contributed by atoms with Crippen molar-refractivity contribution in [1.29, 1.82) is 0 Å². The van der Waals surface area contributed by atoms with E-state index in [1.807, 2.05) is 19.1 Å². The van der Waals surface area contributed by atoms with Crippen LogP contribution in [0.25, 0.3) is 0 Å². The summed E-state index contributed by atoms with van der Waals surface area (Å²) in [6, 6.07) is 5.53. The van der Waals surface area contributed by atoms with Crippen LogP contribution in [0.3, 0.4) is 0 Å². The first-order valence-electron chi connectivity index (χ1n) is 9.92. The molecule has 0 saturated heterocycles. The van der Waals surface area contributed by atoms with Gasteiger partial charge in [-0.2, -0.15) is 0 Å². The van der Waals surface area contributed by atoms with E-state index in [1.54, 1.807) is 29.3 Å². The van der Waals surface area contributed by atoms with Gasteiger partial charge in [0.05, 0.1) is 31.2 Å². The molecule has 1 aromatic carbocycles. The van der Waals surface area contributed by atoms with Gasteiger partial charge in [0.15, 0.2) is 0 Å². The molecule has 1 heterocycles. The van der Waals surface area contributed by atoms with E-state index in [0.717, 1.165) is 31.2 Å². The molecular weight excluding hydrogens is 384 g/mol. The maximum atomic E-state index is 12.8. The molecule has 3 rings (SSSR count). The van der Waals surface area contributed by atoms with E-state index < -0.39 is 11.9 Å². The zero-order valence-corrected chi connectivity index (χ0v) is 17.4.